The molecule has 0 amide bonds. The Bertz CT molecular complexity index is 310. The molecule has 0 spiro atoms. The lowest BCUT2D eigenvalue weighted by molar-refractivity contribution is 0.390. The van der Waals surface area contributed by atoms with Crippen molar-refractivity contribution in [1.82, 2.24) is 0 Å². The summed E-state index contributed by atoms with van der Waals surface area (Å²) in [7, 11) is 3.25. The molecule has 1 aromatic carbocycles. The zero-order chi connectivity index (χ0) is 9.26. The number of rotatable bonds is 3. The van der Waals surface area contributed by atoms with Crippen molar-refractivity contribution >= 4 is 5.69 Å². The molecule has 0 N–H and O–H groups in total. The summed E-state index contributed by atoms with van der Waals surface area (Å²) in [5.74, 6) is 1.54. The Morgan fingerprint density at radius 1 is 1.31 bits per heavy atom. The number of ether oxygens (including phenoxy) is 2. The number of hydroxylamine groups is 1. The molecule has 70 valence electrons. The first-order valence-corrected chi connectivity index (χ1v) is 3.97. The number of anilines is 1. The number of hydrogen-bond donors (Lipinski definition) is 0. The third kappa shape index (κ3) is 1.53. The van der Waals surface area contributed by atoms with E-state index in [9.17, 15) is 0 Å². The van der Waals surface area contributed by atoms with Crippen LogP contribution < -0.4 is 14.5 Å². The first-order valence-electron chi connectivity index (χ1n) is 3.97. The molecule has 13 heavy (non-hydrogen) atoms. The maximum Gasteiger partial charge on any atom is 0.171 e. The van der Waals surface area contributed by atoms with E-state index >= 15 is 0 Å². The Hall–Kier alpha value is -1.42. The minimum absolute atomic E-state index is 0.628. The van der Waals surface area contributed by atoms with E-state index in [4.69, 9.17) is 14.3 Å². The summed E-state index contributed by atoms with van der Waals surface area (Å²) >= 11 is 0. The van der Waals surface area contributed by atoms with Crippen LogP contribution in [0.25, 0.3) is 0 Å². The third-order valence-electron chi connectivity index (χ3n) is 1.91. The second kappa shape index (κ2) is 3.14. The maximum atomic E-state index is 5.19. The van der Waals surface area contributed by atoms with Crippen LogP contribution in [0.3, 0.4) is 0 Å². The molecule has 0 aromatic heterocycles. The molecule has 1 fully saturated rings. The van der Waals surface area contributed by atoms with Crippen molar-refractivity contribution < 1.29 is 14.3 Å². The molecule has 2 rings (SSSR count). The van der Waals surface area contributed by atoms with Crippen molar-refractivity contribution in [2.45, 2.75) is 0 Å². The fourth-order valence-electron chi connectivity index (χ4n) is 1.16. The van der Waals surface area contributed by atoms with Gasteiger partial charge in [-0.15, -0.1) is 0 Å². The lowest BCUT2D eigenvalue weighted by Crippen LogP contribution is -1.95. The highest BCUT2D eigenvalue weighted by Crippen LogP contribution is 2.35. The fourth-order valence-corrected chi connectivity index (χ4v) is 1.16. The van der Waals surface area contributed by atoms with Crippen molar-refractivity contribution in [3.63, 3.8) is 0 Å². The summed E-state index contributed by atoms with van der Waals surface area (Å²) in [5, 5.41) is 1.75. The number of methoxy groups -OCH3 is 2. The molecule has 1 aliphatic rings. The van der Waals surface area contributed by atoms with Gasteiger partial charge in [0.2, 0.25) is 0 Å². The van der Waals surface area contributed by atoms with Gasteiger partial charge in [-0.2, -0.15) is 0 Å². The van der Waals surface area contributed by atoms with E-state index in [2.05, 4.69) is 0 Å². The first kappa shape index (κ1) is 8.19. The molecule has 0 aliphatic carbocycles. The maximum absolute atomic E-state index is 5.19. The van der Waals surface area contributed by atoms with Crippen LogP contribution in [0.4, 0.5) is 5.69 Å². The van der Waals surface area contributed by atoms with E-state index < -0.39 is 0 Å². The van der Waals surface area contributed by atoms with Gasteiger partial charge in [0, 0.05) is 6.07 Å². The Labute approximate surface area is 76.6 Å². The molecule has 4 heteroatoms. The third-order valence-corrected chi connectivity index (χ3v) is 1.91. The average Bonchev–Trinajstić information content (AvgIpc) is 3.00. The Morgan fingerprint density at radius 3 is 2.62 bits per heavy atom. The Balaban J connectivity index is 2.33. The van der Waals surface area contributed by atoms with E-state index in [1.54, 1.807) is 19.3 Å². The standard InChI is InChI=1S/C9H11NO3/c1-11-7-3-4-8(10-6-13-10)9(5-7)12-2/h3-5H,6H2,1-2H3. The van der Waals surface area contributed by atoms with E-state index in [0.717, 1.165) is 17.2 Å². The number of hydrogen-bond acceptors (Lipinski definition) is 4. The molecule has 0 bridgehead atoms. The average molecular weight is 181 g/mol. The normalized spacial score (nSPS) is 14.2. The summed E-state index contributed by atoms with van der Waals surface area (Å²) in [5.41, 5.74) is 0.934. The van der Waals surface area contributed by atoms with Crippen LogP contribution >= 0.6 is 0 Å². The lowest BCUT2D eigenvalue weighted by atomic mass is 10.3. The zero-order valence-electron chi connectivity index (χ0n) is 7.61. The highest BCUT2D eigenvalue weighted by Gasteiger charge is 2.23. The second-order valence-corrected chi connectivity index (χ2v) is 2.67. The van der Waals surface area contributed by atoms with E-state index in [1.807, 2.05) is 18.2 Å². The van der Waals surface area contributed by atoms with E-state index in [1.165, 1.54) is 0 Å². The van der Waals surface area contributed by atoms with Crippen molar-refractivity contribution in [2.75, 3.05) is 26.0 Å². The van der Waals surface area contributed by atoms with Crippen molar-refractivity contribution in [3.8, 4) is 11.5 Å². The zero-order valence-corrected chi connectivity index (χ0v) is 7.61. The molecule has 1 saturated heterocycles. The Morgan fingerprint density at radius 2 is 2.08 bits per heavy atom. The first-order chi connectivity index (χ1) is 6.35. The largest absolute Gasteiger partial charge is 0.497 e. The predicted molar refractivity (Wildman–Crippen MR) is 48.0 cm³/mol. The number of nitrogens with zero attached hydrogens (tertiary/aromatic N) is 1. The van der Waals surface area contributed by atoms with Gasteiger partial charge >= 0.3 is 0 Å². The summed E-state index contributed by atoms with van der Waals surface area (Å²) < 4.78 is 10.3. The van der Waals surface area contributed by atoms with Crippen LogP contribution in [0, 0.1) is 0 Å². The molecule has 0 radical (unpaired) electrons. The van der Waals surface area contributed by atoms with E-state index in [0.29, 0.717) is 6.73 Å². The fraction of sp³-hybridized carbons (Fsp3) is 0.333. The van der Waals surface area contributed by atoms with Crippen molar-refractivity contribution in [1.29, 1.82) is 0 Å². The smallest absolute Gasteiger partial charge is 0.171 e. The predicted octanol–water partition coefficient (Wildman–Crippen LogP) is 1.41. The quantitative estimate of drug-likeness (QED) is 0.660. The van der Waals surface area contributed by atoms with Crippen LogP contribution in [-0.4, -0.2) is 21.0 Å². The summed E-state index contributed by atoms with van der Waals surface area (Å²) in [4.78, 5) is 5.02. The Kier molecular flexibility index (Phi) is 1.98. The van der Waals surface area contributed by atoms with Crippen LogP contribution in [0.5, 0.6) is 11.5 Å². The molecule has 0 saturated carbocycles. The highest BCUT2D eigenvalue weighted by molar-refractivity contribution is 5.60. The molecular formula is C9H11NO3. The molecular weight excluding hydrogens is 170 g/mol. The van der Waals surface area contributed by atoms with Gasteiger partial charge in [0.05, 0.1) is 14.2 Å². The summed E-state index contributed by atoms with van der Waals surface area (Å²) in [6.07, 6.45) is 0. The van der Waals surface area contributed by atoms with Gasteiger partial charge in [0.15, 0.2) is 6.73 Å². The topological polar surface area (TPSA) is 34.0 Å². The van der Waals surface area contributed by atoms with Gasteiger partial charge in [0.25, 0.3) is 0 Å². The molecule has 0 unspecified atom stereocenters. The van der Waals surface area contributed by atoms with Crippen LogP contribution in [0.15, 0.2) is 18.2 Å². The second-order valence-electron chi connectivity index (χ2n) is 2.67. The number of benzene rings is 1. The van der Waals surface area contributed by atoms with Gasteiger partial charge in [0.1, 0.15) is 17.2 Å². The molecule has 0 atom stereocenters. The van der Waals surface area contributed by atoms with Crippen molar-refractivity contribution in [2.24, 2.45) is 0 Å². The van der Waals surface area contributed by atoms with E-state index in [-0.39, 0.29) is 0 Å². The van der Waals surface area contributed by atoms with Crippen LogP contribution in [0.1, 0.15) is 0 Å². The molecule has 4 nitrogen and oxygen atoms in total. The SMILES string of the molecule is COc1ccc(N2CO2)c(OC)c1. The summed E-state index contributed by atoms with van der Waals surface area (Å²) in [6.45, 7) is 0.628. The van der Waals surface area contributed by atoms with Crippen molar-refractivity contribution in [3.05, 3.63) is 18.2 Å². The monoisotopic (exact) mass is 181 g/mol. The van der Waals surface area contributed by atoms with Gasteiger partial charge in [-0.25, -0.2) is 9.90 Å². The molecule has 1 aromatic rings. The van der Waals surface area contributed by atoms with Crippen LogP contribution in [0.2, 0.25) is 0 Å². The van der Waals surface area contributed by atoms with Gasteiger partial charge in [-0.05, 0) is 12.1 Å². The minimum atomic E-state index is 0.628. The summed E-state index contributed by atoms with van der Waals surface area (Å²) in [6, 6.07) is 5.61. The van der Waals surface area contributed by atoms with Gasteiger partial charge in [-0.3, -0.25) is 0 Å². The lowest BCUT2D eigenvalue weighted by Gasteiger charge is -2.08. The van der Waals surface area contributed by atoms with Crippen LogP contribution in [-0.2, 0) is 4.84 Å². The minimum Gasteiger partial charge on any atom is -0.497 e. The molecule has 1 heterocycles. The molecule has 1 aliphatic heterocycles. The highest BCUT2D eigenvalue weighted by atomic mass is 16.8. The van der Waals surface area contributed by atoms with Gasteiger partial charge < -0.3 is 9.47 Å². The van der Waals surface area contributed by atoms with Gasteiger partial charge in [-0.1, -0.05) is 0 Å².